The molecule has 1 rings (SSSR count). The molecule has 0 unspecified atom stereocenters. The van der Waals surface area contributed by atoms with E-state index in [9.17, 15) is 18.0 Å². The van der Waals surface area contributed by atoms with Crippen LogP contribution >= 0.6 is 23.2 Å². The molecule has 0 aliphatic heterocycles. The zero-order chi connectivity index (χ0) is 14.1. The highest BCUT2D eigenvalue weighted by atomic mass is 35.5. The predicted molar refractivity (Wildman–Crippen MR) is 62.4 cm³/mol. The van der Waals surface area contributed by atoms with Crippen molar-refractivity contribution < 1.29 is 22.7 Å². The van der Waals surface area contributed by atoms with Gasteiger partial charge in [-0.1, -0.05) is 31.5 Å². The minimum Gasteiger partial charge on any atom is -0.464 e. The minimum absolute atomic E-state index is 0.0520. The lowest BCUT2D eigenvalue weighted by Crippen LogP contribution is -2.12. The molecule has 0 spiro atoms. The van der Waals surface area contributed by atoms with E-state index in [0.29, 0.717) is 0 Å². The van der Waals surface area contributed by atoms with Gasteiger partial charge in [0.15, 0.2) is 0 Å². The van der Waals surface area contributed by atoms with E-state index in [0.717, 1.165) is 6.08 Å². The van der Waals surface area contributed by atoms with Crippen LogP contribution in [0.15, 0.2) is 11.1 Å². The van der Waals surface area contributed by atoms with Crippen molar-refractivity contribution in [2.24, 2.45) is 17.3 Å². The molecule has 0 aromatic heterocycles. The smallest absolute Gasteiger partial charge is 0.426 e. The summed E-state index contributed by atoms with van der Waals surface area (Å²) >= 11 is 10.5. The van der Waals surface area contributed by atoms with E-state index in [-0.39, 0.29) is 12.5 Å². The summed E-state index contributed by atoms with van der Waals surface area (Å²) in [5.41, 5.74) is -0.575. The number of carbonyl (C=O) groups is 1. The van der Waals surface area contributed by atoms with Gasteiger partial charge in [-0.2, -0.15) is 13.2 Å². The van der Waals surface area contributed by atoms with Crippen molar-refractivity contribution in [3.05, 3.63) is 11.1 Å². The van der Waals surface area contributed by atoms with Crippen LogP contribution in [0.3, 0.4) is 0 Å². The third-order valence-corrected chi connectivity index (χ3v) is 3.58. The molecule has 18 heavy (non-hydrogen) atoms. The first-order valence-electron chi connectivity index (χ1n) is 5.29. The molecular weight excluding hydrogens is 292 g/mol. The summed E-state index contributed by atoms with van der Waals surface area (Å²) in [6, 6.07) is 0. The van der Waals surface area contributed by atoms with Crippen molar-refractivity contribution in [3.8, 4) is 0 Å². The van der Waals surface area contributed by atoms with Gasteiger partial charge in [0.05, 0.1) is 11.8 Å². The van der Waals surface area contributed by atoms with E-state index < -0.39 is 34.4 Å². The lowest BCUT2D eigenvalue weighted by atomic mass is 10.1. The summed E-state index contributed by atoms with van der Waals surface area (Å²) in [7, 11) is 0. The predicted octanol–water partition coefficient (Wildman–Crippen LogP) is 3.73. The molecule has 0 N–H and O–H groups in total. The number of rotatable bonds is 4. The average Bonchev–Trinajstić information content (AvgIpc) is 2.75. The molecule has 1 saturated carbocycles. The first-order valence-corrected chi connectivity index (χ1v) is 6.20. The summed E-state index contributed by atoms with van der Waals surface area (Å²) < 4.78 is 41.7. The fourth-order valence-electron chi connectivity index (χ4n) is 1.92. The van der Waals surface area contributed by atoms with Crippen LogP contribution in [0.5, 0.6) is 0 Å². The maximum atomic E-state index is 12.3. The molecule has 0 radical (unpaired) electrons. The van der Waals surface area contributed by atoms with Gasteiger partial charge in [0.2, 0.25) is 0 Å². The average molecular weight is 305 g/mol. The minimum atomic E-state index is -4.58. The third kappa shape index (κ3) is 3.32. The van der Waals surface area contributed by atoms with Gasteiger partial charge in [0.1, 0.15) is 11.6 Å². The summed E-state index contributed by atoms with van der Waals surface area (Å²) in [5.74, 6) is -1.54. The molecule has 1 aliphatic rings. The maximum Gasteiger partial charge on any atom is 0.426 e. The number of esters is 1. The van der Waals surface area contributed by atoms with Crippen molar-refractivity contribution in [2.45, 2.75) is 20.0 Å². The zero-order valence-electron chi connectivity index (χ0n) is 9.85. The maximum absolute atomic E-state index is 12.3. The Labute approximate surface area is 113 Å². The van der Waals surface area contributed by atoms with E-state index in [1.165, 1.54) is 0 Å². The van der Waals surface area contributed by atoms with Crippen LogP contribution < -0.4 is 0 Å². The van der Waals surface area contributed by atoms with Crippen molar-refractivity contribution >= 4 is 29.2 Å². The first kappa shape index (κ1) is 15.6. The van der Waals surface area contributed by atoms with Gasteiger partial charge in [-0.3, -0.25) is 4.79 Å². The summed E-state index contributed by atoms with van der Waals surface area (Å²) in [6.45, 7) is 3.44. The van der Waals surface area contributed by atoms with Crippen LogP contribution in [0.25, 0.3) is 0 Å². The van der Waals surface area contributed by atoms with Crippen LogP contribution in [-0.2, 0) is 9.53 Å². The van der Waals surface area contributed by atoms with E-state index in [4.69, 9.17) is 27.9 Å². The van der Waals surface area contributed by atoms with Gasteiger partial charge in [0.25, 0.3) is 0 Å². The molecule has 2 atom stereocenters. The standard InChI is InChI=1S/C11H13Cl2F3O2/c1-10(2)6(5-7(13)11(14,15)16)8(10)9(17)18-4-3-12/h5-6,8H,3-4H2,1-2H3/t6-,8-/m1/s1. The van der Waals surface area contributed by atoms with E-state index in [1.807, 2.05) is 0 Å². The molecule has 1 aliphatic carbocycles. The second kappa shape index (κ2) is 5.29. The van der Waals surface area contributed by atoms with Crippen molar-refractivity contribution in [1.82, 2.24) is 0 Å². The zero-order valence-corrected chi connectivity index (χ0v) is 11.4. The largest absolute Gasteiger partial charge is 0.464 e. The second-order valence-electron chi connectivity index (χ2n) is 4.69. The molecule has 0 heterocycles. The third-order valence-electron chi connectivity index (χ3n) is 3.08. The van der Waals surface area contributed by atoms with Crippen LogP contribution in [0, 0.1) is 17.3 Å². The number of alkyl halides is 4. The highest BCUT2D eigenvalue weighted by Crippen LogP contribution is 2.60. The molecule has 7 heteroatoms. The monoisotopic (exact) mass is 304 g/mol. The molecular formula is C11H13Cl2F3O2. The fraction of sp³-hybridized carbons (Fsp3) is 0.727. The van der Waals surface area contributed by atoms with Gasteiger partial charge in [-0.15, -0.1) is 11.6 Å². The number of ether oxygens (including phenoxy) is 1. The normalized spacial score (nSPS) is 26.9. The molecule has 0 bridgehead atoms. The van der Waals surface area contributed by atoms with E-state index in [2.05, 4.69) is 0 Å². The summed E-state index contributed by atoms with van der Waals surface area (Å²) in [5, 5.41) is -1.20. The van der Waals surface area contributed by atoms with Gasteiger partial charge in [0, 0.05) is 0 Å². The lowest BCUT2D eigenvalue weighted by Gasteiger charge is -2.04. The Balaban J connectivity index is 2.73. The molecule has 0 aromatic carbocycles. The Kier molecular flexibility index (Phi) is 4.60. The number of halogens is 5. The summed E-state index contributed by atoms with van der Waals surface area (Å²) in [4.78, 5) is 11.6. The van der Waals surface area contributed by atoms with Crippen LogP contribution in [0.2, 0.25) is 0 Å². The number of carbonyl (C=O) groups excluding carboxylic acids is 1. The Hall–Kier alpha value is -0.420. The number of hydrogen-bond donors (Lipinski definition) is 0. The van der Waals surface area contributed by atoms with E-state index in [1.54, 1.807) is 13.8 Å². The van der Waals surface area contributed by atoms with Gasteiger partial charge >= 0.3 is 12.1 Å². The quantitative estimate of drug-likeness (QED) is 0.584. The Morgan fingerprint density at radius 2 is 2.00 bits per heavy atom. The topological polar surface area (TPSA) is 26.3 Å². The molecule has 0 aromatic rings. The Morgan fingerprint density at radius 3 is 2.44 bits per heavy atom. The molecule has 2 nitrogen and oxygen atoms in total. The first-order chi connectivity index (χ1) is 8.12. The second-order valence-corrected chi connectivity index (χ2v) is 5.48. The fourth-order valence-corrected chi connectivity index (χ4v) is 2.13. The van der Waals surface area contributed by atoms with Crippen molar-refractivity contribution in [2.75, 3.05) is 12.5 Å². The van der Waals surface area contributed by atoms with E-state index >= 15 is 0 Å². The SMILES string of the molecule is CC1(C)[C@H](C=C(Cl)C(F)(F)F)[C@@H]1C(=O)OCCCl. The molecule has 1 fully saturated rings. The highest BCUT2D eigenvalue weighted by Gasteiger charge is 2.62. The van der Waals surface area contributed by atoms with Gasteiger partial charge in [-0.25, -0.2) is 0 Å². The summed E-state index contributed by atoms with van der Waals surface area (Å²) in [6.07, 6.45) is -3.70. The van der Waals surface area contributed by atoms with Crippen LogP contribution in [-0.4, -0.2) is 24.6 Å². The Bertz CT molecular complexity index is 364. The molecule has 0 amide bonds. The van der Waals surface area contributed by atoms with Crippen LogP contribution in [0.4, 0.5) is 13.2 Å². The van der Waals surface area contributed by atoms with Gasteiger partial charge in [-0.05, 0) is 11.3 Å². The van der Waals surface area contributed by atoms with Crippen molar-refractivity contribution in [3.63, 3.8) is 0 Å². The highest BCUT2D eigenvalue weighted by molar-refractivity contribution is 6.30. The van der Waals surface area contributed by atoms with Crippen molar-refractivity contribution in [1.29, 1.82) is 0 Å². The Morgan fingerprint density at radius 1 is 1.44 bits per heavy atom. The molecule has 104 valence electrons. The van der Waals surface area contributed by atoms with Gasteiger partial charge < -0.3 is 4.74 Å². The van der Waals surface area contributed by atoms with Crippen LogP contribution in [0.1, 0.15) is 13.8 Å². The number of hydrogen-bond acceptors (Lipinski definition) is 2. The lowest BCUT2D eigenvalue weighted by molar-refractivity contribution is -0.145. The molecule has 0 saturated heterocycles. The number of allylic oxidation sites excluding steroid dienone is 2.